The molecule has 0 atom stereocenters. The fourth-order valence-electron chi connectivity index (χ4n) is 2.77. The van der Waals surface area contributed by atoms with Gasteiger partial charge in [0, 0.05) is 48.7 Å². The van der Waals surface area contributed by atoms with Crippen LogP contribution in [0.3, 0.4) is 0 Å². The summed E-state index contributed by atoms with van der Waals surface area (Å²) in [6.07, 6.45) is 6.35. The van der Waals surface area contributed by atoms with Crippen LogP contribution in [0.4, 0.5) is 4.39 Å². The summed E-state index contributed by atoms with van der Waals surface area (Å²) in [5, 5.41) is 0. The molecule has 114 valence electrons. The number of rotatable bonds is 3. The molecule has 6 heteroatoms. The van der Waals surface area contributed by atoms with Crippen molar-refractivity contribution in [1.82, 2.24) is 19.9 Å². The molecule has 0 spiro atoms. The molecule has 3 heterocycles. The predicted molar refractivity (Wildman–Crippen MR) is 79.8 cm³/mol. The molecule has 0 N–H and O–H groups in total. The van der Waals surface area contributed by atoms with Crippen molar-refractivity contribution in [2.75, 3.05) is 19.8 Å². The van der Waals surface area contributed by atoms with E-state index >= 15 is 0 Å². The van der Waals surface area contributed by atoms with Gasteiger partial charge in [-0.3, -0.25) is 14.2 Å². The number of aromatic nitrogens is 3. The molecule has 0 fully saturated rings. The van der Waals surface area contributed by atoms with Crippen molar-refractivity contribution in [3.05, 3.63) is 42.1 Å². The lowest BCUT2D eigenvalue weighted by Crippen LogP contribution is -2.33. The van der Waals surface area contributed by atoms with Crippen LogP contribution in [0.25, 0.3) is 11.3 Å². The third-order valence-electron chi connectivity index (χ3n) is 3.90. The minimum Gasteiger partial charge on any atom is -0.342 e. The van der Waals surface area contributed by atoms with Gasteiger partial charge >= 0.3 is 0 Å². The lowest BCUT2D eigenvalue weighted by atomic mass is 10.0. The Morgan fingerprint density at radius 1 is 1.18 bits per heavy atom. The number of hydrogen-bond donors (Lipinski definition) is 0. The van der Waals surface area contributed by atoms with Crippen molar-refractivity contribution in [3.63, 3.8) is 0 Å². The smallest absolute Gasteiger partial charge is 0.225 e. The predicted octanol–water partition coefficient (Wildman–Crippen LogP) is 1.83. The van der Waals surface area contributed by atoms with Gasteiger partial charge in [0.2, 0.25) is 5.91 Å². The zero-order valence-electron chi connectivity index (χ0n) is 12.2. The summed E-state index contributed by atoms with van der Waals surface area (Å²) in [7, 11) is 0. The van der Waals surface area contributed by atoms with Crippen LogP contribution in [-0.4, -0.2) is 45.5 Å². The highest BCUT2D eigenvalue weighted by Crippen LogP contribution is 2.25. The molecular formula is C16H17FN4O. The maximum Gasteiger partial charge on any atom is 0.225 e. The summed E-state index contributed by atoms with van der Waals surface area (Å²) in [6, 6.07) is 3.83. The Labute approximate surface area is 128 Å². The van der Waals surface area contributed by atoms with Crippen molar-refractivity contribution >= 4 is 5.91 Å². The molecule has 0 aliphatic carbocycles. The normalized spacial score (nSPS) is 14.3. The van der Waals surface area contributed by atoms with Crippen LogP contribution in [0.5, 0.6) is 0 Å². The third kappa shape index (κ3) is 2.95. The Kier molecular flexibility index (Phi) is 4.37. The summed E-state index contributed by atoms with van der Waals surface area (Å²) < 4.78 is 12.4. The molecule has 0 radical (unpaired) electrons. The minimum absolute atomic E-state index is 0.0424. The fourth-order valence-corrected chi connectivity index (χ4v) is 2.77. The van der Waals surface area contributed by atoms with Crippen molar-refractivity contribution < 1.29 is 9.18 Å². The molecular weight excluding hydrogens is 283 g/mol. The Morgan fingerprint density at radius 2 is 1.95 bits per heavy atom. The number of nitrogens with zero attached hydrogens (tertiary/aromatic N) is 4. The van der Waals surface area contributed by atoms with Crippen molar-refractivity contribution in [2.24, 2.45) is 0 Å². The maximum absolute atomic E-state index is 12.4. The Hall–Kier alpha value is -2.37. The van der Waals surface area contributed by atoms with Crippen LogP contribution in [0.2, 0.25) is 0 Å². The molecule has 0 saturated carbocycles. The standard InChI is InChI=1S/C16H17FN4O/c17-6-1-15(22)21-9-4-13-14(5-10-21)19-11-20-16(13)12-2-7-18-8-3-12/h2-3,7-8,11H,1,4-6,9-10H2. The van der Waals surface area contributed by atoms with E-state index in [4.69, 9.17) is 0 Å². The molecule has 22 heavy (non-hydrogen) atoms. The zero-order valence-corrected chi connectivity index (χ0v) is 12.2. The molecule has 3 rings (SSSR count). The molecule has 0 aromatic carbocycles. The number of carbonyl (C=O) groups excluding carboxylic acids is 1. The quantitative estimate of drug-likeness (QED) is 0.867. The van der Waals surface area contributed by atoms with Gasteiger partial charge in [0.05, 0.1) is 18.8 Å². The number of pyridine rings is 1. The average Bonchev–Trinajstić information content (AvgIpc) is 2.78. The summed E-state index contributed by atoms with van der Waals surface area (Å²) in [5.74, 6) is -0.131. The second kappa shape index (κ2) is 6.60. The first kappa shape index (κ1) is 14.6. The molecule has 0 saturated heterocycles. The van der Waals surface area contributed by atoms with Crippen LogP contribution >= 0.6 is 0 Å². The summed E-state index contributed by atoms with van der Waals surface area (Å²) in [6.45, 7) is 0.556. The molecule has 0 unspecified atom stereocenters. The van der Waals surface area contributed by atoms with Crippen LogP contribution < -0.4 is 0 Å². The minimum atomic E-state index is -0.607. The van der Waals surface area contributed by atoms with E-state index in [-0.39, 0.29) is 12.3 Å². The highest BCUT2D eigenvalue weighted by atomic mass is 19.1. The van der Waals surface area contributed by atoms with E-state index < -0.39 is 6.67 Å². The lowest BCUT2D eigenvalue weighted by molar-refractivity contribution is -0.131. The van der Waals surface area contributed by atoms with Gasteiger partial charge in [0.1, 0.15) is 6.33 Å². The second-order valence-electron chi connectivity index (χ2n) is 5.20. The van der Waals surface area contributed by atoms with Crippen molar-refractivity contribution in [3.8, 4) is 11.3 Å². The van der Waals surface area contributed by atoms with Gasteiger partial charge < -0.3 is 4.90 Å². The van der Waals surface area contributed by atoms with Crippen LogP contribution in [0, 0.1) is 0 Å². The third-order valence-corrected chi connectivity index (χ3v) is 3.90. The molecule has 1 aliphatic rings. The van der Waals surface area contributed by atoms with Gasteiger partial charge in [-0.1, -0.05) is 0 Å². The molecule has 2 aromatic heterocycles. The van der Waals surface area contributed by atoms with Gasteiger partial charge in [0.25, 0.3) is 0 Å². The second-order valence-corrected chi connectivity index (χ2v) is 5.20. The van der Waals surface area contributed by atoms with E-state index in [1.54, 1.807) is 23.6 Å². The first-order valence-corrected chi connectivity index (χ1v) is 7.36. The van der Waals surface area contributed by atoms with Gasteiger partial charge in [0.15, 0.2) is 0 Å². The SMILES string of the molecule is O=C(CCF)N1CCc2ncnc(-c3ccncc3)c2CC1. The summed E-state index contributed by atoms with van der Waals surface area (Å²) in [4.78, 5) is 26.4. The highest BCUT2D eigenvalue weighted by Gasteiger charge is 2.21. The van der Waals surface area contributed by atoms with E-state index in [2.05, 4.69) is 15.0 Å². The molecule has 1 aliphatic heterocycles. The Morgan fingerprint density at radius 3 is 2.73 bits per heavy atom. The molecule has 1 amide bonds. The van der Waals surface area contributed by atoms with Gasteiger partial charge in [-0.2, -0.15) is 0 Å². The first-order chi connectivity index (χ1) is 10.8. The maximum atomic E-state index is 12.4. The summed E-state index contributed by atoms with van der Waals surface area (Å²) in [5.41, 5.74) is 3.94. The monoisotopic (exact) mass is 300 g/mol. The average molecular weight is 300 g/mol. The van der Waals surface area contributed by atoms with Gasteiger partial charge in [-0.05, 0) is 18.6 Å². The first-order valence-electron chi connectivity index (χ1n) is 7.36. The van der Waals surface area contributed by atoms with E-state index in [0.717, 1.165) is 22.5 Å². The number of carbonyl (C=O) groups is 1. The lowest BCUT2D eigenvalue weighted by Gasteiger charge is -2.19. The Balaban J connectivity index is 1.88. The molecule has 0 bridgehead atoms. The van der Waals surface area contributed by atoms with Crippen molar-refractivity contribution in [2.45, 2.75) is 19.3 Å². The topological polar surface area (TPSA) is 59.0 Å². The van der Waals surface area contributed by atoms with Crippen LogP contribution in [-0.2, 0) is 17.6 Å². The van der Waals surface area contributed by atoms with E-state index in [1.807, 2.05) is 12.1 Å². The number of fused-ring (bicyclic) bond motifs is 1. The number of hydrogen-bond acceptors (Lipinski definition) is 4. The van der Waals surface area contributed by atoms with Crippen LogP contribution in [0.1, 0.15) is 17.7 Å². The van der Waals surface area contributed by atoms with Gasteiger partial charge in [-0.15, -0.1) is 0 Å². The summed E-state index contributed by atoms with van der Waals surface area (Å²) >= 11 is 0. The zero-order chi connectivity index (χ0) is 15.4. The van der Waals surface area contributed by atoms with E-state index in [9.17, 15) is 9.18 Å². The number of amides is 1. The number of halogens is 1. The van der Waals surface area contributed by atoms with E-state index in [1.165, 1.54) is 0 Å². The molecule has 2 aromatic rings. The molecule has 5 nitrogen and oxygen atoms in total. The highest BCUT2D eigenvalue weighted by molar-refractivity contribution is 5.76. The van der Waals surface area contributed by atoms with Gasteiger partial charge in [-0.25, -0.2) is 9.97 Å². The fraction of sp³-hybridized carbons (Fsp3) is 0.375. The van der Waals surface area contributed by atoms with Crippen molar-refractivity contribution in [1.29, 1.82) is 0 Å². The van der Waals surface area contributed by atoms with E-state index in [0.29, 0.717) is 25.9 Å². The number of alkyl halides is 1. The largest absolute Gasteiger partial charge is 0.342 e. The van der Waals surface area contributed by atoms with Crippen LogP contribution in [0.15, 0.2) is 30.9 Å². The Bertz CT molecular complexity index is 662.